The predicted molar refractivity (Wildman–Crippen MR) is 121 cm³/mol. The minimum atomic E-state index is -1.46. The molecule has 166 valence electrons. The number of aromatic amines is 1. The summed E-state index contributed by atoms with van der Waals surface area (Å²) in [4.78, 5) is 26.4. The topological polar surface area (TPSA) is 117 Å². The number of nitrogens with zero attached hydrogens (tertiary/aromatic N) is 1. The average Bonchev–Trinajstić information content (AvgIpc) is 2.83. The molecule has 4 rings (SSSR count). The molecule has 1 aromatic carbocycles. The lowest BCUT2D eigenvalue weighted by Gasteiger charge is -2.20. The highest BCUT2D eigenvalue weighted by Crippen LogP contribution is 2.40. The molecule has 1 aliphatic rings. The number of aryl methyl sites for hydroxylation is 1. The van der Waals surface area contributed by atoms with Crippen molar-refractivity contribution in [1.82, 2.24) is 14.9 Å². The van der Waals surface area contributed by atoms with E-state index in [0.717, 1.165) is 16.6 Å². The Hall–Kier alpha value is -2.97. The molecule has 4 N–H and O–H groups in total. The Kier molecular flexibility index (Phi) is 5.82. The third-order valence-electron chi connectivity index (χ3n) is 5.43. The molecule has 9 heteroatoms. The summed E-state index contributed by atoms with van der Waals surface area (Å²) in [5, 5.41) is 24.2. The summed E-state index contributed by atoms with van der Waals surface area (Å²) in [5.74, 6) is -1.38. The molecule has 0 atom stereocenters. The summed E-state index contributed by atoms with van der Waals surface area (Å²) in [6, 6.07) is 5.90. The largest absolute Gasteiger partial charge is 0.506 e. The van der Waals surface area contributed by atoms with Crippen LogP contribution >= 0.6 is 12.4 Å². The first-order chi connectivity index (χ1) is 14.1. The number of fused-ring (bicyclic) bond motifs is 4. The number of aromatic hydroxyl groups is 1. The quantitative estimate of drug-likeness (QED) is 0.490. The third kappa shape index (κ3) is 4.00. The number of H-pyrrole nitrogens is 1. The first-order valence-corrected chi connectivity index (χ1v) is 9.79. The molecule has 3 heterocycles. The van der Waals surface area contributed by atoms with E-state index in [1.54, 1.807) is 0 Å². The lowest BCUT2D eigenvalue weighted by molar-refractivity contribution is 0.0691. The van der Waals surface area contributed by atoms with Gasteiger partial charge in [-0.2, -0.15) is 0 Å². The van der Waals surface area contributed by atoms with E-state index in [1.165, 1.54) is 0 Å². The van der Waals surface area contributed by atoms with Gasteiger partial charge in [-0.25, -0.2) is 4.79 Å². The zero-order chi connectivity index (χ0) is 21.8. The number of halogens is 1. The molecule has 2 aromatic heterocycles. The minimum Gasteiger partial charge on any atom is -0.506 e. The second-order valence-electron chi connectivity index (χ2n) is 8.64. The van der Waals surface area contributed by atoms with Gasteiger partial charge in [0.25, 0.3) is 5.56 Å². The van der Waals surface area contributed by atoms with Gasteiger partial charge in [0.1, 0.15) is 11.5 Å². The number of carbonyl (C=O) groups is 1. The van der Waals surface area contributed by atoms with Crippen LogP contribution in [-0.4, -0.2) is 37.9 Å². The average molecular weight is 448 g/mol. The number of hydrogen-bond acceptors (Lipinski definition) is 5. The van der Waals surface area contributed by atoms with Gasteiger partial charge in [0.15, 0.2) is 5.56 Å². The van der Waals surface area contributed by atoms with Crippen molar-refractivity contribution in [2.45, 2.75) is 39.3 Å². The van der Waals surface area contributed by atoms with Crippen molar-refractivity contribution in [2.24, 2.45) is 7.05 Å². The Morgan fingerprint density at radius 1 is 1.29 bits per heavy atom. The van der Waals surface area contributed by atoms with E-state index in [4.69, 9.17) is 4.74 Å². The number of aromatic carboxylic acids is 1. The smallest absolute Gasteiger partial charge is 0.345 e. The van der Waals surface area contributed by atoms with Crippen LogP contribution in [0.4, 0.5) is 0 Å². The van der Waals surface area contributed by atoms with E-state index < -0.39 is 22.8 Å². The molecular formula is C22H26ClN3O5. The van der Waals surface area contributed by atoms with Gasteiger partial charge in [-0.05, 0) is 32.9 Å². The number of ether oxygens (including phenoxy) is 1. The molecule has 0 amide bonds. The molecule has 0 spiro atoms. The van der Waals surface area contributed by atoms with E-state index in [9.17, 15) is 19.8 Å². The van der Waals surface area contributed by atoms with Crippen LogP contribution < -0.4 is 15.6 Å². The summed E-state index contributed by atoms with van der Waals surface area (Å²) >= 11 is 0. The Morgan fingerprint density at radius 2 is 2.00 bits per heavy atom. The van der Waals surface area contributed by atoms with Gasteiger partial charge in [0.05, 0.1) is 17.8 Å². The number of carboxylic acid groups (broad SMARTS) is 1. The molecule has 0 bridgehead atoms. The van der Waals surface area contributed by atoms with Crippen molar-refractivity contribution in [1.29, 1.82) is 0 Å². The van der Waals surface area contributed by atoms with E-state index in [0.29, 0.717) is 29.1 Å². The molecule has 0 saturated heterocycles. The number of aromatic nitrogens is 2. The Labute approximate surface area is 185 Å². The Bertz CT molecular complexity index is 1240. The van der Waals surface area contributed by atoms with Crippen molar-refractivity contribution >= 4 is 29.3 Å². The standard InChI is InChI=1S/C22H25N3O5.ClH/c1-22(2,3)23-10-12-7-11-8-14-16(9-15(11)25(12)4)30-6-5-13-18(14)24-20(27)17(19(13)26)21(28)29;/h7-9,23H,5-6,10H2,1-4H3,(H,28,29)(H2,24,26,27);1H. The predicted octanol–water partition coefficient (Wildman–Crippen LogP) is 3.18. The fraction of sp³-hybridized carbons (Fsp3) is 0.364. The molecule has 31 heavy (non-hydrogen) atoms. The summed E-state index contributed by atoms with van der Waals surface area (Å²) < 4.78 is 8.00. The SMILES string of the molecule is Cl.Cn1c(CNC(C)(C)C)cc2cc3c(cc21)OCCc1c-3[nH]c(=O)c(C(=O)O)c1O. The molecular weight excluding hydrogens is 422 g/mol. The van der Waals surface area contributed by atoms with Crippen LogP contribution in [0.15, 0.2) is 23.0 Å². The number of benzene rings is 1. The first-order valence-electron chi connectivity index (χ1n) is 9.79. The molecule has 1 aliphatic heterocycles. The normalized spacial score (nSPS) is 13.0. The lowest BCUT2D eigenvalue weighted by Crippen LogP contribution is -2.35. The van der Waals surface area contributed by atoms with Crippen molar-refractivity contribution in [3.63, 3.8) is 0 Å². The van der Waals surface area contributed by atoms with Gasteiger partial charge < -0.3 is 29.8 Å². The number of carboxylic acids is 1. The number of nitrogens with one attached hydrogen (secondary N) is 2. The molecule has 8 nitrogen and oxygen atoms in total. The van der Waals surface area contributed by atoms with E-state index in [1.807, 2.05) is 19.2 Å². The van der Waals surface area contributed by atoms with Gasteiger partial charge in [0.2, 0.25) is 0 Å². The van der Waals surface area contributed by atoms with Crippen LogP contribution in [0.1, 0.15) is 42.4 Å². The van der Waals surface area contributed by atoms with Crippen LogP contribution in [0.5, 0.6) is 11.5 Å². The van der Waals surface area contributed by atoms with E-state index in [-0.39, 0.29) is 31.0 Å². The zero-order valence-electron chi connectivity index (χ0n) is 17.8. The zero-order valence-corrected chi connectivity index (χ0v) is 18.6. The molecule has 3 aromatic rings. The van der Waals surface area contributed by atoms with Crippen LogP contribution in [0.2, 0.25) is 0 Å². The van der Waals surface area contributed by atoms with Gasteiger partial charge in [-0.15, -0.1) is 12.4 Å². The maximum atomic E-state index is 12.3. The monoisotopic (exact) mass is 447 g/mol. The molecule has 0 radical (unpaired) electrons. The number of hydrogen-bond donors (Lipinski definition) is 4. The van der Waals surface area contributed by atoms with Gasteiger partial charge in [-0.1, -0.05) is 0 Å². The third-order valence-corrected chi connectivity index (χ3v) is 5.43. The number of pyridine rings is 1. The molecule has 0 aliphatic carbocycles. The van der Waals surface area contributed by atoms with E-state index in [2.05, 4.69) is 41.7 Å². The van der Waals surface area contributed by atoms with Crippen LogP contribution in [0, 0.1) is 0 Å². The fourth-order valence-corrected chi connectivity index (χ4v) is 3.83. The number of rotatable bonds is 3. The van der Waals surface area contributed by atoms with Crippen LogP contribution in [-0.2, 0) is 20.0 Å². The molecule has 0 unspecified atom stereocenters. The Balaban J connectivity index is 0.00000272. The fourth-order valence-electron chi connectivity index (χ4n) is 3.83. The van der Waals surface area contributed by atoms with Gasteiger partial charge >= 0.3 is 5.97 Å². The van der Waals surface area contributed by atoms with Crippen molar-refractivity contribution in [2.75, 3.05) is 6.61 Å². The van der Waals surface area contributed by atoms with Crippen molar-refractivity contribution in [3.05, 3.63) is 45.4 Å². The van der Waals surface area contributed by atoms with Gasteiger partial charge in [-0.3, -0.25) is 4.79 Å². The van der Waals surface area contributed by atoms with Crippen molar-refractivity contribution in [3.8, 4) is 22.8 Å². The van der Waals surface area contributed by atoms with Crippen LogP contribution in [0.3, 0.4) is 0 Å². The van der Waals surface area contributed by atoms with Crippen LogP contribution in [0.25, 0.3) is 22.2 Å². The Morgan fingerprint density at radius 3 is 2.65 bits per heavy atom. The summed E-state index contributed by atoms with van der Waals surface area (Å²) in [7, 11) is 1.99. The molecule has 0 saturated carbocycles. The maximum Gasteiger partial charge on any atom is 0.345 e. The minimum absolute atomic E-state index is 0. The summed E-state index contributed by atoms with van der Waals surface area (Å²) in [6.45, 7) is 7.27. The second-order valence-corrected chi connectivity index (χ2v) is 8.64. The maximum absolute atomic E-state index is 12.3. The van der Waals surface area contributed by atoms with Crippen molar-refractivity contribution < 1.29 is 19.7 Å². The lowest BCUT2D eigenvalue weighted by atomic mass is 9.99. The van der Waals surface area contributed by atoms with E-state index >= 15 is 0 Å². The summed E-state index contributed by atoms with van der Waals surface area (Å²) in [6.07, 6.45) is 0.282. The highest BCUT2D eigenvalue weighted by Gasteiger charge is 2.26. The second kappa shape index (κ2) is 7.94. The molecule has 0 fully saturated rings. The van der Waals surface area contributed by atoms with Gasteiger partial charge in [0, 0.05) is 53.8 Å². The highest BCUT2D eigenvalue weighted by molar-refractivity contribution is 5.94. The highest BCUT2D eigenvalue weighted by atomic mass is 35.5. The first kappa shape index (κ1) is 22.7. The summed E-state index contributed by atoms with van der Waals surface area (Å²) in [5.41, 5.74) is 1.97.